The lowest BCUT2D eigenvalue weighted by Crippen LogP contribution is -2.41. The number of piperidine rings is 1. The fraction of sp³-hybridized carbons (Fsp3) is 1.00. The molecule has 1 saturated heterocycles. The molecule has 4 heteroatoms. The highest BCUT2D eigenvalue weighted by Crippen LogP contribution is 2.13. The summed E-state index contributed by atoms with van der Waals surface area (Å²) >= 11 is 0. The van der Waals surface area contributed by atoms with E-state index < -0.39 is 0 Å². The van der Waals surface area contributed by atoms with Crippen LogP contribution in [-0.4, -0.2) is 38.3 Å². The molecule has 1 aliphatic heterocycles. The molecule has 0 amide bonds. The van der Waals surface area contributed by atoms with Gasteiger partial charge in [-0.3, -0.25) is 5.84 Å². The van der Waals surface area contributed by atoms with Gasteiger partial charge in [0.2, 0.25) is 0 Å². The molecule has 1 heterocycles. The first kappa shape index (κ1) is 9.92. The quantitative estimate of drug-likeness (QED) is 0.228. The summed E-state index contributed by atoms with van der Waals surface area (Å²) in [5.41, 5.74) is 2.59. The average Bonchev–Trinajstić information content (AvgIpc) is 2.05. The number of nitrogens with one attached hydrogen (secondary N) is 2. The third kappa shape index (κ3) is 3.49. The molecular formula is C8H20N4. The van der Waals surface area contributed by atoms with Gasteiger partial charge in [-0.15, -0.1) is 0 Å². The molecule has 0 aromatic rings. The fourth-order valence-corrected chi connectivity index (χ4v) is 1.79. The maximum absolute atomic E-state index is 5.15. The molecule has 0 aliphatic carbocycles. The predicted octanol–water partition coefficient (Wildman–Crippen LogP) is -0.661. The van der Waals surface area contributed by atoms with Crippen molar-refractivity contribution in [3.8, 4) is 0 Å². The van der Waals surface area contributed by atoms with Gasteiger partial charge in [0.25, 0.3) is 0 Å². The predicted molar refractivity (Wildman–Crippen MR) is 50.4 cm³/mol. The van der Waals surface area contributed by atoms with Crippen molar-refractivity contribution in [3.63, 3.8) is 0 Å². The molecule has 1 aliphatic rings. The van der Waals surface area contributed by atoms with Gasteiger partial charge in [0.15, 0.2) is 0 Å². The smallest absolute Gasteiger partial charge is 0.0587 e. The summed E-state index contributed by atoms with van der Waals surface area (Å²) in [6.45, 7) is 4.26. The standard InChI is InChI=1S/C8H20N4/c1-12-4-2-3-8(6-12)5-10-7-11-9/h8,10-11H,2-7,9H2,1H3. The SMILES string of the molecule is CN1CCCC(CNCNN)C1. The molecule has 0 bridgehead atoms. The van der Waals surface area contributed by atoms with Crippen LogP contribution in [0, 0.1) is 5.92 Å². The number of likely N-dealkylation sites (tertiary alicyclic amines) is 1. The van der Waals surface area contributed by atoms with Crippen LogP contribution in [0.15, 0.2) is 0 Å². The molecule has 4 nitrogen and oxygen atoms in total. The molecule has 0 radical (unpaired) electrons. The van der Waals surface area contributed by atoms with E-state index in [0.29, 0.717) is 6.67 Å². The van der Waals surface area contributed by atoms with E-state index in [4.69, 9.17) is 5.84 Å². The Bertz CT molecular complexity index is 118. The van der Waals surface area contributed by atoms with Gasteiger partial charge in [-0.25, -0.2) is 5.43 Å². The van der Waals surface area contributed by atoms with Crippen LogP contribution in [0.2, 0.25) is 0 Å². The monoisotopic (exact) mass is 172 g/mol. The maximum atomic E-state index is 5.15. The maximum Gasteiger partial charge on any atom is 0.0587 e. The Morgan fingerprint density at radius 1 is 1.58 bits per heavy atom. The van der Waals surface area contributed by atoms with Crippen molar-refractivity contribution in [2.24, 2.45) is 11.8 Å². The van der Waals surface area contributed by atoms with Crippen LogP contribution in [0.5, 0.6) is 0 Å². The van der Waals surface area contributed by atoms with E-state index in [1.165, 1.54) is 25.9 Å². The third-order valence-electron chi connectivity index (χ3n) is 2.38. The van der Waals surface area contributed by atoms with Gasteiger partial charge in [-0.1, -0.05) is 0 Å². The Hall–Kier alpha value is -0.160. The van der Waals surface area contributed by atoms with Crippen molar-refractivity contribution in [2.75, 3.05) is 33.4 Å². The van der Waals surface area contributed by atoms with Crippen LogP contribution in [0.1, 0.15) is 12.8 Å². The number of hydrogen-bond donors (Lipinski definition) is 3. The number of nitrogens with two attached hydrogens (primary N) is 1. The second kappa shape index (κ2) is 5.48. The molecule has 1 fully saturated rings. The summed E-state index contributed by atoms with van der Waals surface area (Å²) in [7, 11) is 2.19. The first-order chi connectivity index (χ1) is 5.83. The van der Waals surface area contributed by atoms with Gasteiger partial charge in [0, 0.05) is 13.1 Å². The zero-order valence-corrected chi connectivity index (χ0v) is 7.84. The van der Waals surface area contributed by atoms with Crippen molar-refractivity contribution < 1.29 is 0 Å². The fourth-order valence-electron chi connectivity index (χ4n) is 1.79. The molecule has 0 aromatic heterocycles. The number of hydrogen-bond acceptors (Lipinski definition) is 4. The first-order valence-electron chi connectivity index (χ1n) is 4.65. The molecule has 0 spiro atoms. The highest BCUT2D eigenvalue weighted by Gasteiger charge is 2.15. The second-order valence-corrected chi connectivity index (χ2v) is 3.61. The summed E-state index contributed by atoms with van der Waals surface area (Å²) in [6, 6.07) is 0. The summed E-state index contributed by atoms with van der Waals surface area (Å²) in [5, 5.41) is 3.26. The summed E-state index contributed by atoms with van der Waals surface area (Å²) < 4.78 is 0. The lowest BCUT2D eigenvalue weighted by Gasteiger charge is -2.29. The molecule has 1 unspecified atom stereocenters. The minimum Gasteiger partial charge on any atom is -0.306 e. The summed E-state index contributed by atoms with van der Waals surface area (Å²) in [4.78, 5) is 2.39. The molecule has 72 valence electrons. The zero-order valence-electron chi connectivity index (χ0n) is 7.84. The number of rotatable bonds is 4. The Balaban J connectivity index is 2.06. The van der Waals surface area contributed by atoms with Gasteiger partial charge >= 0.3 is 0 Å². The van der Waals surface area contributed by atoms with Crippen molar-refractivity contribution in [1.82, 2.24) is 15.6 Å². The van der Waals surface area contributed by atoms with E-state index in [1.54, 1.807) is 0 Å². The van der Waals surface area contributed by atoms with Gasteiger partial charge < -0.3 is 10.2 Å². The molecule has 4 N–H and O–H groups in total. The number of nitrogens with zero attached hydrogens (tertiary/aromatic N) is 1. The normalized spacial score (nSPS) is 26.0. The molecular weight excluding hydrogens is 152 g/mol. The van der Waals surface area contributed by atoms with Crippen molar-refractivity contribution in [3.05, 3.63) is 0 Å². The first-order valence-corrected chi connectivity index (χ1v) is 4.65. The highest BCUT2D eigenvalue weighted by molar-refractivity contribution is 4.71. The molecule has 12 heavy (non-hydrogen) atoms. The highest BCUT2D eigenvalue weighted by atomic mass is 15.3. The van der Waals surface area contributed by atoms with Gasteiger partial charge in [0.1, 0.15) is 0 Å². The second-order valence-electron chi connectivity index (χ2n) is 3.61. The molecule has 1 rings (SSSR count). The van der Waals surface area contributed by atoms with Crippen molar-refractivity contribution >= 4 is 0 Å². The van der Waals surface area contributed by atoms with Gasteiger partial charge in [-0.05, 0) is 32.4 Å². The van der Waals surface area contributed by atoms with E-state index in [-0.39, 0.29) is 0 Å². The third-order valence-corrected chi connectivity index (χ3v) is 2.38. The zero-order chi connectivity index (χ0) is 8.81. The minimum absolute atomic E-state index is 0.709. The topological polar surface area (TPSA) is 53.3 Å². The average molecular weight is 172 g/mol. The van der Waals surface area contributed by atoms with Crippen LogP contribution in [0.4, 0.5) is 0 Å². The lowest BCUT2D eigenvalue weighted by atomic mass is 9.99. The Morgan fingerprint density at radius 3 is 3.08 bits per heavy atom. The van der Waals surface area contributed by atoms with Gasteiger partial charge in [0.05, 0.1) is 6.67 Å². The Morgan fingerprint density at radius 2 is 2.42 bits per heavy atom. The lowest BCUT2D eigenvalue weighted by molar-refractivity contribution is 0.206. The van der Waals surface area contributed by atoms with Crippen LogP contribution in [0.3, 0.4) is 0 Å². The van der Waals surface area contributed by atoms with E-state index in [9.17, 15) is 0 Å². The minimum atomic E-state index is 0.709. The van der Waals surface area contributed by atoms with E-state index in [1.807, 2.05) is 0 Å². The van der Waals surface area contributed by atoms with Crippen molar-refractivity contribution in [2.45, 2.75) is 12.8 Å². The summed E-state index contributed by atoms with van der Waals surface area (Å²) in [5.74, 6) is 5.95. The van der Waals surface area contributed by atoms with Crippen LogP contribution in [-0.2, 0) is 0 Å². The molecule has 1 atom stereocenters. The summed E-state index contributed by atoms with van der Waals surface area (Å²) in [6.07, 6.45) is 2.68. The van der Waals surface area contributed by atoms with Crippen LogP contribution in [0.25, 0.3) is 0 Å². The van der Waals surface area contributed by atoms with E-state index >= 15 is 0 Å². The number of hydrazine groups is 1. The Kier molecular flexibility index (Phi) is 4.53. The van der Waals surface area contributed by atoms with Crippen molar-refractivity contribution in [1.29, 1.82) is 0 Å². The molecule has 0 saturated carbocycles. The molecule has 0 aromatic carbocycles. The largest absolute Gasteiger partial charge is 0.306 e. The van der Waals surface area contributed by atoms with Crippen LogP contribution < -0.4 is 16.6 Å². The Labute approximate surface area is 74.5 Å². The van der Waals surface area contributed by atoms with E-state index in [0.717, 1.165) is 12.5 Å². The van der Waals surface area contributed by atoms with Gasteiger partial charge in [-0.2, -0.15) is 0 Å². The van der Waals surface area contributed by atoms with E-state index in [2.05, 4.69) is 22.7 Å². The van der Waals surface area contributed by atoms with Crippen LogP contribution >= 0.6 is 0 Å².